The minimum atomic E-state index is -0.630. The summed E-state index contributed by atoms with van der Waals surface area (Å²) in [4.78, 5) is 14.4. The minimum absolute atomic E-state index is 0.300. The van der Waals surface area contributed by atoms with Crippen molar-refractivity contribution in [2.45, 2.75) is 25.9 Å². The highest BCUT2D eigenvalue weighted by Gasteiger charge is 2.18. The summed E-state index contributed by atoms with van der Waals surface area (Å²) < 4.78 is 0. The summed E-state index contributed by atoms with van der Waals surface area (Å²) in [5.41, 5.74) is 0.423. The molecule has 1 heterocycles. The van der Waals surface area contributed by atoms with E-state index in [1.165, 1.54) is 6.21 Å². The topological polar surface area (TPSA) is 49.7 Å². The standard InChI is InChI=1S/C8H11NO2/c1-2-3-7(10)6-4-5-9-8(6)11/h4-5,7,10H,2-3H2,1H3. The normalized spacial score (nSPS) is 18.7. The molecule has 0 bridgehead atoms. The average Bonchev–Trinajstić information content (AvgIpc) is 2.36. The zero-order chi connectivity index (χ0) is 8.27. The first-order chi connectivity index (χ1) is 5.25. The molecule has 0 aromatic carbocycles. The van der Waals surface area contributed by atoms with Crippen molar-refractivity contribution in [2.75, 3.05) is 0 Å². The Hall–Kier alpha value is -0.960. The van der Waals surface area contributed by atoms with E-state index in [0.29, 0.717) is 12.0 Å². The third-order valence-corrected chi connectivity index (χ3v) is 1.61. The van der Waals surface area contributed by atoms with Gasteiger partial charge in [0.1, 0.15) is 0 Å². The number of aliphatic hydroxyl groups excluding tert-OH is 1. The molecule has 0 saturated carbocycles. The molecule has 3 nitrogen and oxygen atoms in total. The maximum atomic E-state index is 10.9. The Morgan fingerprint density at radius 2 is 2.45 bits per heavy atom. The van der Waals surface area contributed by atoms with Crippen LogP contribution >= 0.6 is 0 Å². The zero-order valence-electron chi connectivity index (χ0n) is 6.45. The Balaban J connectivity index is 2.55. The fourth-order valence-corrected chi connectivity index (χ4v) is 1.01. The second-order valence-electron chi connectivity index (χ2n) is 2.51. The molecule has 60 valence electrons. The molecule has 1 atom stereocenters. The summed E-state index contributed by atoms with van der Waals surface area (Å²) >= 11 is 0. The van der Waals surface area contributed by atoms with Gasteiger partial charge in [0.05, 0.1) is 6.10 Å². The van der Waals surface area contributed by atoms with Crippen LogP contribution in [0.5, 0.6) is 0 Å². The molecule has 1 aliphatic heterocycles. The molecule has 0 aromatic heterocycles. The maximum Gasteiger partial charge on any atom is 0.275 e. The molecule has 0 radical (unpaired) electrons. The third-order valence-electron chi connectivity index (χ3n) is 1.61. The number of rotatable bonds is 3. The summed E-state index contributed by atoms with van der Waals surface area (Å²) in [6, 6.07) is 0. The second kappa shape index (κ2) is 3.44. The van der Waals surface area contributed by atoms with Gasteiger partial charge < -0.3 is 5.11 Å². The number of carbonyl (C=O) groups is 1. The summed E-state index contributed by atoms with van der Waals surface area (Å²) in [7, 11) is 0. The molecule has 11 heavy (non-hydrogen) atoms. The van der Waals surface area contributed by atoms with Gasteiger partial charge in [0.25, 0.3) is 5.91 Å². The summed E-state index contributed by atoms with van der Waals surface area (Å²) in [5, 5.41) is 9.35. The fourth-order valence-electron chi connectivity index (χ4n) is 1.01. The predicted molar refractivity (Wildman–Crippen MR) is 42.5 cm³/mol. The highest BCUT2D eigenvalue weighted by molar-refractivity contribution is 6.08. The van der Waals surface area contributed by atoms with E-state index in [9.17, 15) is 9.90 Å². The number of hydrogen-bond donors (Lipinski definition) is 1. The van der Waals surface area contributed by atoms with E-state index in [2.05, 4.69) is 4.99 Å². The highest BCUT2D eigenvalue weighted by Crippen LogP contribution is 2.12. The lowest BCUT2D eigenvalue weighted by atomic mass is 10.1. The monoisotopic (exact) mass is 153 g/mol. The van der Waals surface area contributed by atoms with E-state index in [1.807, 2.05) is 6.92 Å². The van der Waals surface area contributed by atoms with Gasteiger partial charge in [-0.2, -0.15) is 0 Å². The number of hydrogen-bond acceptors (Lipinski definition) is 2. The molecule has 3 heteroatoms. The van der Waals surface area contributed by atoms with Crippen LogP contribution in [0.25, 0.3) is 0 Å². The van der Waals surface area contributed by atoms with Crippen molar-refractivity contribution in [1.82, 2.24) is 0 Å². The first-order valence-electron chi connectivity index (χ1n) is 3.72. The number of aliphatic hydroxyl groups is 1. The molecule has 0 aliphatic carbocycles. The van der Waals surface area contributed by atoms with Crippen LogP contribution in [-0.2, 0) is 4.79 Å². The number of aliphatic imine (C=N–C) groups is 1. The van der Waals surface area contributed by atoms with E-state index >= 15 is 0 Å². The lowest BCUT2D eigenvalue weighted by Gasteiger charge is -2.06. The van der Waals surface area contributed by atoms with Gasteiger partial charge in [0.15, 0.2) is 0 Å². The van der Waals surface area contributed by atoms with Crippen molar-refractivity contribution in [1.29, 1.82) is 0 Å². The van der Waals surface area contributed by atoms with Gasteiger partial charge in [-0.25, -0.2) is 4.99 Å². The average molecular weight is 153 g/mol. The van der Waals surface area contributed by atoms with Crippen molar-refractivity contribution in [3.8, 4) is 0 Å². The Morgan fingerprint density at radius 3 is 2.91 bits per heavy atom. The van der Waals surface area contributed by atoms with E-state index in [1.54, 1.807) is 6.08 Å². The number of carbonyl (C=O) groups excluding carboxylic acids is 1. The van der Waals surface area contributed by atoms with Crippen LogP contribution in [0.4, 0.5) is 0 Å². The molecule has 0 aromatic rings. The molecule has 1 aliphatic rings. The van der Waals surface area contributed by atoms with E-state index in [4.69, 9.17) is 0 Å². The van der Waals surface area contributed by atoms with Gasteiger partial charge in [0.2, 0.25) is 0 Å². The lowest BCUT2D eigenvalue weighted by Crippen LogP contribution is -2.14. The third kappa shape index (κ3) is 1.74. The van der Waals surface area contributed by atoms with E-state index in [0.717, 1.165) is 6.42 Å². The van der Waals surface area contributed by atoms with Gasteiger partial charge in [-0.3, -0.25) is 4.79 Å². The maximum absolute atomic E-state index is 10.9. The smallest absolute Gasteiger partial charge is 0.275 e. The van der Waals surface area contributed by atoms with Crippen LogP contribution in [0.15, 0.2) is 16.6 Å². The second-order valence-corrected chi connectivity index (χ2v) is 2.51. The quantitative estimate of drug-likeness (QED) is 0.648. The van der Waals surface area contributed by atoms with Crippen molar-refractivity contribution < 1.29 is 9.90 Å². The van der Waals surface area contributed by atoms with E-state index in [-0.39, 0.29) is 5.91 Å². The number of allylic oxidation sites excluding steroid dienone is 1. The van der Waals surface area contributed by atoms with Gasteiger partial charge in [-0.1, -0.05) is 13.3 Å². The van der Waals surface area contributed by atoms with Crippen molar-refractivity contribution in [3.05, 3.63) is 11.6 Å². The molecule has 1 N–H and O–H groups in total. The first kappa shape index (κ1) is 8.14. The van der Waals surface area contributed by atoms with Crippen LogP contribution < -0.4 is 0 Å². The van der Waals surface area contributed by atoms with Crippen LogP contribution in [0, 0.1) is 0 Å². The van der Waals surface area contributed by atoms with Gasteiger partial charge in [0, 0.05) is 11.8 Å². The zero-order valence-corrected chi connectivity index (χ0v) is 6.45. The molecule has 1 amide bonds. The van der Waals surface area contributed by atoms with Gasteiger partial charge in [-0.15, -0.1) is 0 Å². The van der Waals surface area contributed by atoms with Crippen LogP contribution in [0.3, 0.4) is 0 Å². The van der Waals surface area contributed by atoms with Crippen molar-refractivity contribution in [2.24, 2.45) is 4.99 Å². The first-order valence-corrected chi connectivity index (χ1v) is 3.72. The minimum Gasteiger partial charge on any atom is -0.388 e. The lowest BCUT2D eigenvalue weighted by molar-refractivity contribution is -0.115. The molecule has 0 spiro atoms. The summed E-state index contributed by atoms with van der Waals surface area (Å²) in [5.74, 6) is -0.300. The van der Waals surface area contributed by atoms with Crippen molar-refractivity contribution >= 4 is 12.1 Å². The summed E-state index contributed by atoms with van der Waals surface area (Å²) in [6.07, 6.45) is 3.86. The number of amides is 1. The van der Waals surface area contributed by atoms with Crippen LogP contribution in [0.1, 0.15) is 19.8 Å². The molecular formula is C8H11NO2. The highest BCUT2D eigenvalue weighted by atomic mass is 16.3. The summed E-state index contributed by atoms with van der Waals surface area (Å²) in [6.45, 7) is 1.96. The molecule has 0 fully saturated rings. The molecule has 0 saturated heterocycles. The SMILES string of the molecule is CCCC(O)C1=CC=NC1=O. The van der Waals surface area contributed by atoms with Crippen LogP contribution in [0.2, 0.25) is 0 Å². The molecule has 1 unspecified atom stereocenters. The largest absolute Gasteiger partial charge is 0.388 e. The predicted octanol–water partition coefficient (Wildman–Crippen LogP) is 0.685. The van der Waals surface area contributed by atoms with Crippen molar-refractivity contribution in [3.63, 3.8) is 0 Å². The Kier molecular flexibility index (Phi) is 2.54. The van der Waals surface area contributed by atoms with Gasteiger partial charge in [-0.05, 0) is 12.5 Å². The number of nitrogens with zero attached hydrogens (tertiary/aromatic N) is 1. The molecule has 1 rings (SSSR count). The van der Waals surface area contributed by atoms with Crippen LogP contribution in [-0.4, -0.2) is 23.3 Å². The fraction of sp³-hybridized carbons (Fsp3) is 0.500. The van der Waals surface area contributed by atoms with E-state index < -0.39 is 6.10 Å². The Labute approximate surface area is 65.4 Å². The Bertz CT molecular complexity index is 218. The Morgan fingerprint density at radius 1 is 1.73 bits per heavy atom. The molecular weight excluding hydrogens is 142 g/mol. The van der Waals surface area contributed by atoms with Gasteiger partial charge >= 0.3 is 0 Å².